The normalized spacial score (nSPS) is 17.2. The molecule has 0 saturated heterocycles. The third-order valence-corrected chi connectivity index (χ3v) is 1.82. The van der Waals surface area contributed by atoms with E-state index < -0.39 is 0 Å². The number of rotatable bonds is 7. The average molecular weight is 158 g/mol. The number of nitrogens with one attached hydrogen (secondary N) is 1. The van der Waals surface area contributed by atoms with E-state index in [-0.39, 0.29) is 0 Å². The van der Waals surface area contributed by atoms with Crippen LogP contribution in [0.5, 0.6) is 0 Å². The number of nitrogens with two attached hydrogens (primary N) is 1. The second kappa shape index (κ2) is 5.52. The van der Waals surface area contributed by atoms with Crippen molar-refractivity contribution < 1.29 is 4.74 Å². The summed E-state index contributed by atoms with van der Waals surface area (Å²) >= 11 is 0. The molecule has 1 fully saturated rings. The third-order valence-electron chi connectivity index (χ3n) is 1.82. The fraction of sp³-hybridized carbons (Fsp3) is 1.00. The minimum atomic E-state index is 0.628. The van der Waals surface area contributed by atoms with Crippen LogP contribution in [-0.2, 0) is 4.74 Å². The van der Waals surface area contributed by atoms with E-state index in [0.717, 1.165) is 19.1 Å². The molecule has 0 spiro atoms. The molecular weight excluding hydrogens is 140 g/mol. The lowest BCUT2D eigenvalue weighted by Crippen LogP contribution is -2.23. The van der Waals surface area contributed by atoms with Crippen molar-refractivity contribution in [2.75, 3.05) is 32.8 Å². The van der Waals surface area contributed by atoms with Gasteiger partial charge in [0.05, 0.1) is 13.2 Å². The minimum absolute atomic E-state index is 0.628. The van der Waals surface area contributed by atoms with Crippen LogP contribution in [0.2, 0.25) is 0 Å². The lowest BCUT2D eigenvalue weighted by Gasteiger charge is -2.03. The van der Waals surface area contributed by atoms with Gasteiger partial charge in [0.2, 0.25) is 0 Å². The SMILES string of the molecule is NCCOCCNCC1CC1. The van der Waals surface area contributed by atoms with Gasteiger partial charge in [-0.2, -0.15) is 0 Å². The number of hydrogen-bond donors (Lipinski definition) is 2. The molecule has 0 bridgehead atoms. The van der Waals surface area contributed by atoms with Crippen LogP contribution in [0, 0.1) is 5.92 Å². The van der Waals surface area contributed by atoms with Crippen LogP contribution in [0.3, 0.4) is 0 Å². The second-order valence-electron chi connectivity index (χ2n) is 3.05. The van der Waals surface area contributed by atoms with Crippen molar-refractivity contribution in [2.45, 2.75) is 12.8 Å². The van der Waals surface area contributed by atoms with Gasteiger partial charge in [-0.05, 0) is 25.3 Å². The topological polar surface area (TPSA) is 47.3 Å². The predicted molar refractivity (Wildman–Crippen MR) is 45.5 cm³/mol. The fourth-order valence-corrected chi connectivity index (χ4v) is 0.958. The van der Waals surface area contributed by atoms with E-state index in [2.05, 4.69) is 5.32 Å². The summed E-state index contributed by atoms with van der Waals surface area (Å²) in [6, 6.07) is 0. The van der Waals surface area contributed by atoms with Crippen molar-refractivity contribution in [3.8, 4) is 0 Å². The third kappa shape index (κ3) is 5.18. The monoisotopic (exact) mass is 158 g/mol. The maximum Gasteiger partial charge on any atom is 0.0591 e. The lowest BCUT2D eigenvalue weighted by molar-refractivity contribution is 0.143. The van der Waals surface area contributed by atoms with Crippen molar-refractivity contribution in [3.63, 3.8) is 0 Å². The van der Waals surface area contributed by atoms with Crippen molar-refractivity contribution in [1.82, 2.24) is 5.32 Å². The molecule has 0 aromatic carbocycles. The molecule has 0 amide bonds. The van der Waals surface area contributed by atoms with Gasteiger partial charge in [0.25, 0.3) is 0 Å². The van der Waals surface area contributed by atoms with Gasteiger partial charge in [0.15, 0.2) is 0 Å². The Bertz CT molecular complexity index is 94.1. The van der Waals surface area contributed by atoms with E-state index in [1.165, 1.54) is 19.4 Å². The molecule has 3 heteroatoms. The average Bonchev–Trinajstić information content (AvgIpc) is 2.80. The van der Waals surface area contributed by atoms with Crippen LogP contribution in [0.1, 0.15) is 12.8 Å². The molecule has 0 heterocycles. The molecule has 1 rings (SSSR count). The highest BCUT2D eigenvalue weighted by atomic mass is 16.5. The molecule has 0 radical (unpaired) electrons. The highest BCUT2D eigenvalue weighted by Crippen LogP contribution is 2.27. The van der Waals surface area contributed by atoms with Crippen LogP contribution in [-0.4, -0.2) is 32.8 Å². The van der Waals surface area contributed by atoms with Crippen molar-refractivity contribution >= 4 is 0 Å². The molecule has 1 aliphatic carbocycles. The zero-order valence-electron chi connectivity index (χ0n) is 7.01. The van der Waals surface area contributed by atoms with Gasteiger partial charge in [0, 0.05) is 13.1 Å². The Hall–Kier alpha value is -0.120. The molecule has 11 heavy (non-hydrogen) atoms. The number of ether oxygens (including phenoxy) is 1. The van der Waals surface area contributed by atoms with Gasteiger partial charge in [-0.3, -0.25) is 0 Å². The van der Waals surface area contributed by atoms with E-state index in [1.54, 1.807) is 0 Å². The van der Waals surface area contributed by atoms with E-state index in [1.807, 2.05) is 0 Å². The van der Waals surface area contributed by atoms with Gasteiger partial charge < -0.3 is 15.8 Å². The molecule has 0 atom stereocenters. The summed E-state index contributed by atoms with van der Waals surface area (Å²) in [5, 5.41) is 3.34. The quantitative estimate of drug-likeness (QED) is 0.511. The van der Waals surface area contributed by atoms with Gasteiger partial charge in [-0.1, -0.05) is 0 Å². The summed E-state index contributed by atoms with van der Waals surface area (Å²) < 4.78 is 5.20. The maximum absolute atomic E-state index is 5.26. The summed E-state index contributed by atoms with van der Waals surface area (Å²) in [7, 11) is 0. The first kappa shape index (κ1) is 8.97. The van der Waals surface area contributed by atoms with Crippen molar-refractivity contribution in [1.29, 1.82) is 0 Å². The molecule has 1 saturated carbocycles. The van der Waals surface area contributed by atoms with Crippen LogP contribution < -0.4 is 11.1 Å². The molecule has 0 aromatic heterocycles. The minimum Gasteiger partial charge on any atom is -0.379 e. The van der Waals surface area contributed by atoms with Crippen molar-refractivity contribution in [3.05, 3.63) is 0 Å². The van der Waals surface area contributed by atoms with Crippen molar-refractivity contribution in [2.24, 2.45) is 11.7 Å². The molecule has 3 N–H and O–H groups in total. The van der Waals surface area contributed by atoms with Crippen LogP contribution in [0.4, 0.5) is 0 Å². The van der Waals surface area contributed by atoms with Crippen LogP contribution in [0.25, 0.3) is 0 Å². The fourth-order valence-electron chi connectivity index (χ4n) is 0.958. The van der Waals surface area contributed by atoms with E-state index in [4.69, 9.17) is 10.5 Å². The summed E-state index contributed by atoms with van der Waals surface area (Å²) in [5.74, 6) is 0.963. The molecule has 0 unspecified atom stereocenters. The molecule has 3 nitrogen and oxygen atoms in total. The molecule has 1 aliphatic rings. The Kier molecular flexibility index (Phi) is 4.50. The molecule has 0 aliphatic heterocycles. The first-order chi connectivity index (χ1) is 5.43. The van der Waals surface area contributed by atoms with Crippen LogP contribution in [0.15, 0.2) is 0 Å². The zero-order chi connectivity index (χ0) is 7.94. The highest BCUT2D eigenvalue weighted by molar-refractivity contribution is 4.74. The standard InChI is InChI=1S/C8H18N2O/c9-3-5-11-6-4-10-7-8-1-2-8/h8,10H,1-7,9H2. The summed E-state index contributed by atoms with van der Waals surface area (Å²) in [4.78, 5) is 0. The Labute approximate surface area is 68.3 Å². The predicted octanol–water partition coefficient (Wildman–Crippen LogP) is -0.0387. The Morgan fingerprint density at radius 2 is 2.18 bits per heavy atom. The maximum atomic E-state index is 5.26. The van der Waals surface area contributed by atoms with Gasteiger partial charge in [-0.15, -0.1) is 0 Å². The summed E-state index contributed by atoms with van der Waals surface area (Å²) in [5.41, 5.74) is 5.26. The lowest BCUT2D eigenvalue weighted by atomic mass is 10.4. The van der Waals surface area contributed by atoms with Gasteiger partial charge in [0.1, 0.15) is 0 Å². The first-order valence-corrected chi connectivity index (χ1v) is 4.42. The molecule has 66 valence electrons. The van der Waals surface area contributed by atoms with Crippen LogP contribution >= 0.6 is 0 Å². The molecular formula is C8H18N2O. The smallest absolute Gasteiger partial charge is 0.0591 e. The van der Waals surface area contributed by atoms with Gasteiger partial charge >= 0.3 is 0 Å². The summed E-state index contributed by atoms with van der Waals surface area (Å²) in [6.07, 6.45) is 2.83. The zero-order valence-corrected chi connectivity index (χ0v) is 7.01. The Balaban J connectivity index is 1.66. The van der Waals surface area contributed by atoms with E-state index >= 15 is 0 Å². The largest absolute Gasteiger partial charge is 0.379 e. The summed E-state index contributed by atoms with van der Waals surface area (Å²) in [6.45, 7) is 4.25. The molecule has 0 aromatic rings. The van der Waals surface area contributed by atoms with E-state index in [9.17, 15) is 0 Å². The first-order valence-electron chi connectivity index (χ1n) is 4.42. The number of hydrogen-bond acceptors (Lipinski definition) is 3. The second-order valence-corrected chi connectivity index (χ2v) is 3.05. The van der Waals surface area contributed by atoms with Gasteiger partial charge in [-0.25, -0.2) is 0 Å². The highest BCUT2D eigenvalue weighted by Gasteiger charge is 2.19. The van der Waals surface area contributed by atoms with E-state index in [0.29, 0.717) is 13.2 Å². The Morgan fingerprint density at radius 3 is 2.82 bits per heavy atom. The Morgan fingerprint density at radius 1 is 1.36 bits per heavy atom.